The minimum Gasteiger partial charge on any atom is -0.497 e. The van der Waals surface area contributed by atoms with Gasteiger partial charge in [0.25, 0.3) is 11.9 Å². The average molecular weight is 437 g/mol. The summed E-state index contributed by atoms with van der Waals surface area (Å²) in [6, 6.07) is 12.3. The summed E-state index contributed by atoms with van der Waals surface area (Å²) in [5.74, 6) is 0.698. The topological polar surface area (TPSA) is 107 Å². The zero-order chi connectivity index (χ0) is 22.0. The Balaban J connectivity index is 1.58. The Bertz CT molecular complexity index is 1240. The summed E-state index contributed by atoms with van der Waals surface area (Å²) < 4.78 is 12.1. The van der Waals surface area contributed by atoms with Crippen LogP contribution in [0.25, 0.3) is 16.2 Å². The fourth-order valence-electron chi connectivity index (χ4n) is 2.97. The third-order valence-electron chi connectivity index (χ3n) is 4.42. The fourth-order valence-corrected chi connectivity index (χ4v) is 3.80. The third kappa shape index (κ3) is 4.33. The Morgan fingerprint density at radius 2 is 1.68 bits per heavy atom. The highest BCUT2D eigenvalue weighted by Crippen LogP contribution is 2.27. The lowest BCUT2D eigenvalue weighted by molar-refractivity contribution is -0.114. The molecule has 2 aromatic heterocycles. The van der Waals surface area contributed by atoms with E-state index < -0.39 is 0 Å². The highest BCUT2D eigenvalue weighted by atomic mass is 32.1. The van der Waals surface area contributed by atoms with Gasteiger partial charge in [-0.25, -0.2) is 4.52 Å². The minimum absolute atomic E-state index is 0.129. The monoisotopic (exact) mass is 437 g/mol. The predicted octanol–water partition coefficient (Wildman–Crippen LogP) is 3.69. The van der Waals surface area contributed by atoms with Crippen molar-refractivity contribution >= 4 is 39.7 Å². The van der Waals surface area contributed by atoms with Crippen molar-refractivity contribution in [3.05, 3.63) is 53.4 Å². The SMILES string of the molecule is COc1cc(OC)cc(C(=O)Nc2nc3scc(-c4ccc(NC(C)=O)cc4)n3n2)c1. The third-order valence-corrected chi connectivity index (χ3v) is 5.24. The number of benzene rings is 2. The molecule has 0 spiro atoms. The van der Waals surface area contributed by atoms with E-state index in [0.29, 0.717) is 27.7 Å². The van der Waals surface area contributed by atoms with Crippen LogP contribution in [0.5, 0.6) is 11.5 Å². The molecule has 0 atom stereocenters. The maximum absolute atomic E-state index is 12.7. The fraction of sp³-hybridized carbons (Fsp3) is 0.143. The number of ether oxygens (including phenoxy) is 2. The van der Waals surface area contributed by atoms with E-state index in [4.69, 9.17) is 9.47 Å². The van der Waals surface area contributed by atoms with Crippen molar-refractivity contribution in [3.63, 3.8) is 0 Å². The number of hydrogen-bond acceptors (Lipinski definition) is 7. The Morgan fingerprint density at radius 1 is 1.00 bits per heavy atom. The molecule has 0 saturated carbocycles. The zero-order valence-corrected chi connectivity index (χ0v) is 17.8. The summed E-state index contributed by atoms with van der Waals surface area (Å²) in [5, 5.41) is 11.8. The second-order valence-electron chi connectivity index (χ2n) is 6.56. The largest absolute Gasteiger partial charge is 0.497 e. The average Bonchev–Trinajstić information content (AvgIpc) is 3.33. The molecule has 31 heavy (non-hydrogen) atoms. The summed E-state index contributed by atoms with van der Waals surface area (Å²) in [6.07, 6.45) is 0. The van der Waals surface area contributed by atoms with Gasteiger partial charge in [-0.2, -0.15) is 4.98 Å². The lowest BCUT2D eigenvalue weighted by atomic mass is 10.1. The first-order valence-electron chi connectivity index (χ1n) is 9.23. The summed E-state index contributed by atoms with van der Waals surface area (Å²) in [4.78, 5) is 28.9. The first-order valence-corrected chi connectivity index (χ1v) is 10.1. The van der Waals surface area contributed by atoms with Crippen LogP contribution in [-0.2, 0) is 4.79 Å². The number of nitrogens with zero attached hydrogens (tertiary/aromatic N) is 3. The van der Waals surface area contributed by atoms with Gasteiger partial charge in [0.2, 0.25) is 10.9 Å². The molecule has 2 heterocycles. The number of nitrogens with one attached hydrogen (secondary N) is 2. The van der Waals surface area contributed by atoms with E-state index in [-0.39, 0.29) is 17.8 Å². The quantitative estimate of drug-likeness (QED) is 0.477. The van der Waals surface area contributed by atoms with Crippen LogP contribution in [-0.4, -0.2) is 40.6 Å². The van der Waals surface area contributed by atoms with Crippen molar-refractivity contribution in [2.24, 2.45) is 0 Å². The normalized spacial score (nSPS) is 10.7. The number of aromatic nitrogens is 3. The summed E-state index contributed by atoms with van der Waals surface area (Å²) >= 11 is 1.41. The van der Waals surface area contributed by atoms with Crippen molar-refractivity contribution in [3.8, 4) is 22.8 Å². The van der Waals surface area contributed by atoms with Crippen LogP contribution in [0.3, 0.4) is 0 Å². The van der Waals surface area contributed by atoms with Crippen LogP contribution in [0, 0.1) is 0 Å². The van der Waals surface area contributed by atoms with Gasteiger partial charge in [-0.1, -0.05) is 12.1 Å². The van der Waals surface area contributed by atoms with E-state index in [9.17, 15) is 9.59 Å². The molecular formula is C21H19N5O4S. The predicted molar refractivity (Wildman–Crippen MR) is 118 cm³/mol. The maximum atomic E-state index is 12.7. The second-order valence-corrected chi connectivity index (χ2v) is 7.40. The van der Waals surface area contributed by atoms with Gasteiger partial charge >= 0.3 is 0 Å². The van der Waals surface area contributed by atoms with Crippen molar-refractivity contribution in [1.82, 2.24) is 14.6 Å². The number of carbonyl (C=O) groups is 2. The minimum atomic E-state index is -0.378. The number of fused-ring (bicyclic) bond motifs is 1. The Labute approximate surface area is 181 Å². The van der Waals surface area contributed by atoms with E-state index in [2.05, 4.69) is 20.7 Å². The Kier molecular flexibility index (Phi) is 5.54. The van der Waals surface area contributed by atoms with Crippen LogP contribution in [0.4, 0.5) is 11.6 Å². The number of methoxy groups -OCH3 is 2. The molecule has 4 rings (SSSR count). The van der Waals surface area contributed by atoms with Gasteiger partial charge in [-0.15, -0.1) is 16.4 Å². The molecule has 0 aliphatic heterocycles. The van der Waals surface area contributed by atoms with Crippen molar-refractivity contribution in [1.29, 1.82) is 0 Å². The van der Waals surface area contributed by atoms with Gasteiger partial charge in [0, 0.05) is 35.2 Å². The molecule has 2 N–H and O–H groups in total. The summed E-state index contributed by atoms with van der Waals surface area (Å²) in [5.41, 5.74) is 2.80. The molecular weight excluding hydrogens is 418 g/mol. The lowest BCUT2D eigenvalue weighted by Gasteiger charge is -2.07. The van der Waals surface area contributed by atoms with Gasteiger partial charge in [0.15, 0.2) is 0 Å². The molecule has 2 aromatic carbocycles. The molecule has 2 amide bonds. The maximum Gasteiger partial charge on any atom is 0.258 e. The van der Waals surface area contributed by atoms with Gasteiger partial charge in [-0.3, -0.25) is 14.9 Å². The highest BCUT2D eigenvalue weighted by molar-refractivity contribution is 7.15. The number of thiazole rings is 1. The molecule has 0 bridgehead atoms. The smallest absolute Gasteiger partial charge is 0.258 e. The zero-order valence-electron chi connectivity index (χ0n) is 17.0. The lowest BCUT2D eigenvalue weighted by Crippen LogP contribution is -2.13. The van der Waals surface area contributed by atoms with Crippen LogP contribution >= 0.6 is 11.3 Å². The van der Waals surface area contributed by atoms with Gasteiger partial charge < -0.3 is 14.8 Å². The van der Waals surface area contributed by atoms with Gasteiger partial charge in [0.05, 0.1) is 19.9 Å². The first-order chi connectivity index (χ1) is 15.0. The molecule has 10 heteroatoms. The molecule has 9 nitrogen and oxygen atoms in total. The first kappa shape index (κ1) is 20.4. The standard InChI is InChI=1S/C21H19N5O4S/c1-12(27)22-15-6-4-13(5-7-15)18-11-31-21-24-20(25-26(18)21)23-19(28)14-8-16(29-2)10-17(9-14)30-3/h4-11H,1-3H3,(H,22,27)(H,23,25,28). The number of rotatable bonds is 6. The van der Waals surface area contributed by atoms with Crippen molar-refractivity contribution < 1.29 is 19.1 Å². The number of hydrogen-bond donors (Lipinski definition) is 2. The number of anilines is 2. The molecule has 158 valence electrons. The van der Waals surface area contributed by atoms with E-state index in [1.807, 2.05) is 29.6 Å². The van der Waals surface area contributed by atoms with Crippen molar-refractivity contribution in [2.75, 3.05) is 24.9 Å². The summed E-state index contributed by atoms with van der Waals surface area (Å²) in [6.45, 7) is 1.46. The molecule has 4 aromatic rings. The molecule has 0 fully saturated rings. The van der Waals surface area contributed by atoms with E-state index in [1.165, 1.54) is 32.5 Å². The Hall–Kier alpha value is -3.92. The Morgan fingerprint density at radius 3 is 2.29 bits per heavy atom. The second kappa shape index (κ2) is 8.44. The molecule has 0 unspecified atom stereocenters. The molecule has 0 aliphatic carbocycles. The van der Waals surface area contributed by atoms with Crippen LogP contribution < -0.4 is 20.1 Å². The van der Waals surface area contributed by atoms with Crippen LogP contribution in [0.2, 0.25) is 0 Å². The number of amides is 2. The molecule has 0 aliphatic rings. The highest BCUT2D eigenvalue weighted by Gasteiger charge is 2.16. The van der Waals surface area contributed by atoms with E-state index in [1.54, 1.807) is 22.7 Å². The van der Waals surface area contributed by atoms with E-state index >= 15 is 0 Å². The van der Waals surface area contributed by atoms with Crippen molar-refractivity contribution in [2.45, 2.75) is 6.92 Å². The summed E-state index contributed by atoms with van der Waals surface area (Å²) in [7, 11) is 3.04. The van der Waals surface area contributed by atoms with Gasteiger partial charge in [-0.05, 0) is 24.3 Å². The molecule has 0 radical (unpaired) electrons. The van der Waals surface area contributed by atoms with Crippen LogP contribution in [0.15, 0.2) is 47.8 Å². The van der Waals surface area contributed by atoms with Crippen LogP contribution in [0.1, 0.15) is 17.3 Å². The number of carbonyl (C=O) groups excluding carboxylic acids is 2. The molecule has 0 saturated heterocycles. The van der Waals surface area contributed by atoms with E-state index in [0.717, 1.165) is 11.3 Å². The van der Waals surface area contributed by atoms with Gasteiger partial charge in [0.1, 0.15) is 11.5 Å².